The minimum atomic E-state index is -0.301. The average Bonchev–Trinajstić information content (AvgIpc) is 2.64. The van der Waals surface area contributed by atoms with Crippen LogP contribution >= 0.6 is 0 Å². The smallest absolute Gasteiger partial charge is 0.310 e. The number of carbonyl (C=O) groups is 1. The molecule has 0 atom stereocenters. The number of aryl methyl sites for hydroxylation is 2. The minimum Gasteiger partial charge on any atom is -0.495 e. The zero-order chi connectivity index (χ0) is 18.7. The van der Waals surface area contributed by atoms with E-state index in [0.29, 0.717) is 0 Å². The number of aromatic nitrogens is 1. The summed E-state index contributed by atoms with van der Waals surface area (Å²) in [5.41, 5.74) is 5.28. The van der Waals surface area contributed by atoms with E-state index >= 15 is 0 Å². The second-order valence-corrected chi connectivity index (χ2v) is 6.15. The molecule has 3 rings (SSSR count). The molecule has 0 amide bonds. The molecule has 0 aliphatic heterocycles. The molecule has 1 N–H and O–H groups in total. The van der Waals surface area contributed by atoms with Crippen molar-refractivity contribution >= 4 is 28.2 Å². The maximum absolute atomic E-state index is 11.9. The molecule has 1 heterocycles. The van der Waals surface area contributed by atoms with E-state index in [4.69, 9.17) is 9.47 Å². The second-order valence-electron chi connectivity index (χ2n) is 6.15. The van der Waals surface area contributed by atoms with E-state index in [-0.39, 0.29) is 12.4 Å². The molecule has 0 saturated heterocycles. The summed E-state index contributed by atoms with van der Waals surface area (Å²) in [6.07, 6.45) is 0.149. The van der Waals surface area contributed by atoms with Crippen molar-refractivity contribution in [3.05, 3.63) is 59.3 Å². The van der Waals surface area contributed by atoms with Crippen LogP contribution in [-0.2, 0) is 16.0 Å². The molecule has 5 nitrogen and oxygen atoms in total. The van der Waals surface area contributed by atoms with Gasteiger partial charge in [0.15, 0.2) is 0 Å². The number of para-hydroxylation sites is 1. The first-order valence-electron chi connectivity index (χ1n) is 8.40. The Labute approximate surface area is 153 Å². The third-order valence-electron chi connectivity index (χ3n) is 4.36. The minimum absolute atomic E-state index is 0.149. The number of carbonyl (C=O) groups excluding carboxylic acids is 1. The second kappa shape index (κ2) is 7.44. The first-order chi connectivity index (χ1) is 12.5. The van der Waals surface area contributed by atoms with Crippen LogP contribution in [-0.4, -0.2) is 25.2 Å². The SMILES string of the molecule is COC(=O)Cc1c(C)nc2ccccc2c1Nc1cc(C)ccc1OC. The zero-order valence-corrected chi connectivity index (χ0v) is 15.4. The first-order valence-corrected chi connectivity index (χ1v) is 8.40. The monoisotopic (exact) mass is 350 g/mol. The predicted molar refractivity (Wildman–Crippen MR) is 103 cm³/mol. The number of methoxy groups -OCH3 is 2. The van der Waals surface area contributed by atoms with Crippen LogP contribution in [0.5, 0.6) is 5.75 Å². The van der Waals surface area contributed by atoms with Gasteiger partial charge in [0.05, 0.1) is 37.5 Å². The number of pyridine rings is 1. The number of benzene rings is 2. The number of anilines is 2. The van der Waals surface area contributed by atoms with Gasteiger partial charge >= 0.3 is 5.97 Å². The Balaban J connectivity index is 2.20. The summed E-state index contributed by atoms with van der Waals surface area (Å²) >= 11 is 0. The quantitative estimate of drug-likeness (QED) is 0.695. The lowest BCUT2D eigenvalue weighted by Crippen LogP contribution is -2.10. The molecule has 134 valence electrons. The van der Waals surface area contributed by atoms with Gasteiger partial charge in [-0.3, -0.25) is 9.78 Å². The van der Waals surface area contributed by atoms with Crippen LogP contribution < -0.4 is 10.1 Å². The topological polar surface area (TPSA) is 60.5 Å². The molecule has 0 unspecified atom stereocenters. The third-order valence-corrected chi connectivity index (χ3v) is 4.36. The van der Waals surface area contributed by atoms with Crippen molar-refractivity contribution in [3.8, 4) is 5.75 Å². The molecule has 0 aliphatic carbocycles. The average molecular weight is 350 g/mol. The Morgan fingerprint density at radius 3 is 2.62 bits per heavy atom. The fourth-order valence-corrected chi connectivity index (χ4v) is 3.00. The molecular weight excluding hydrogens is 328 g/mol. The fourth-order valence-electron chi connectivity index (χ4n) is 3.00. The highest BCUT2D eigenvalue weighted by atomic mass is 16.5. The predicted octanol–water partition coefficient (Wildman–Crippen LogP) is 4.32. The van der Waals surface area contributed by atoms with Crippen LogP contribution in [0.3, 0.4) is 0 Å². The van der Waals surface area contributed by atoms with Gasteiger partial charge in [-0.05, 0) is 37.6 Å². The molecule has 0 aliphatic rings. The third kappa shape index (κ3) is 3.47. The lowest BCUT2D eigenvalue weighted by Gasteiger charge is -2.18. The number of ether oxygens (including phenoxy) is 2. The summed E-state index contributed by atoms with van der Waals surface area (Å²) in [7, 11) is 3.03. The Morgan fingerprint density at radius 2 is 1.88 bits per heavy atom. The van der Waals surface area contributed by atoms with Gasteiger partial charge in [-0.15, -0.1) is 0 Å². The highest BCUT2D eigenvalue weighted by Crippen LogP contribution is 2.35. The van der Waals surface area contributed by atoms with E-state index in [9.17, 15) is 4.79 Å². The molecule has 26 heavy (non-hydrogen) atoms. The molecule has 3 aromatic rings. The van der Waals surface area contributed by atoms with Crippen molar-refractivity contribution in [3.63, 3.8) is 0 Å². The van der Waals surface area contributed by atoms with E-state index in [1.54, 1.807) is 7.11 Å². The first kappa shape index (κ1) is 17.7. The summed E-state index contributed by atoms with van der Waals surface area (Å²) in [4.78, 5) is 16.6. The molecule has 0 bridgehead atoms. The van der Waals surface area contributed by atoms with E-state index in [2.05, 4.69) is 10.3 Å². The van der Waals surface area contributed by atoms with Crippen LogP contribution in [0, 0.1) is 13.8 Å². The molecule has 0 radical (unpaired) electrons. The van der Waals surface area contributed by atoms with Crippen molar-refractivity contribution in [1.82, 2.24) is 4.98 Å². The van der Waals surface area contributed by atoms with Gasteiger partial charge in [0.25, 0.3) is 0 Å². The summed E-state index contributed by atoms with van der Waals surface area (Å²) < 4.78 is 10.4. The van der Waals surface area contributed by atoms with Crippen molar-refractivity contribution in [2.45, 2.75) is 20.3 Å². The Kier molecular flexibility index (Phi) is 5.07. The molecule has 2 aromatic carbocycles. The lowest BCUT2D eigenvalue weighted by molar-refractivity contribution is -0.139. The van der Waals surface area contributed by atoms with Gasteiger partial charge in [0.1, 0.15) is 5.75 Å². The van der Waals surface area contributed by atoms with Crippen LogP contribution in [0.1, 0.15) is 16.8 Å². The highest BCUT2D eigenvalue weighted by Gasteiger charge is 2.17. The summed E-state index contributed by atoms with van der Waals surface area (Å²) in [5.74, 6) is 0.433. The van der Waals surface area contributed by atoms with Gasteiger partial charge in [0, 0.05) is 16.6 Å². The fraction of sp³-hybridized carbons (Fsp3) is 0.238. The molecule has 0 fully saturated rings. The van der Waals surface area contributed by atoms with Crippen molar-refractivity contribution in [2.75, 3.05) is 19.5 Å². The molecule has 0 saturated carbocycles. The van der Waals surface area contributed by atoms with Crippen molar-refractivity contribution in [2.24, 2.45) is 0 Å². The molecule has 1 aromatic heterocycles. The normalized spacial score (nSPS) is 10.6. The van der Waals surface area contributed by atoms with Crippen LogP contribution in [0.25, 0.3) is 10.9 Å². The number of fused-ring (bicyclic) bond motifs is 1. The van der Waals surface area contributed by atoms with Gasteiger partial charge in [-0.25, -0.2) is 0 Å². The van der Waals surface area contributed by atoms with Gasteiger partial charge in [0.2, 0.25) is 0 Å². The Morgan fingerprint density at radius 1 is 1.12 bits per heavy atom. The van der Waals surface area contributed by atoms with Gasteiger partial charge < -0.3 is 14.8 Å². The summed E-state index contributed by atoms with van der Waals surface area (Å²) in [6.45, 7) is 3.93. The maximum atomic E-state index is 11.9. The van der Waals surface area contributed by atoms with Crippen LogP contribution in [0.15, 0.2) is 42.5 Å². The molecule has 5 heteroatoms. The molecular formula is C21H22N2O3. The van der Waals surface area contributed by atoms with Crippen LogP contribution in [0.4, 0.5) is 11.4 Å². The number of nitrogens with one attached hydrogen (secondary N) is 1. The Bertz CT molecular complexity index is 967. The lowest BCUT2D eigenvalue weighted by atomic mass is 10.0. The summed E-state index contributed by atoms with van der Waals surface area (Å²) in [5, 5.41) is 4.42. The van der Waals surface area contributed by atoms with E-state index in [1.165, 1.54) is 7.11 Å². The number of hydrogen-bond acceptors (Lipinski definition) is 5. The zero-order valence-electron chi connectivity index (χ0n) is 15.4. The number of esters is 1. The van der Waals surface area contributed by atoms with E-state index < -0.39 is 0 Å². The van der Waals surface area contributed by atoms with E-state index in [1.807, 2.05) is 56.3 Å². The highest BCUT2D eigenvalue weighted by molar-refractivity contribution is 5.97. The van der Waals surface area contributed by atoms with Gasteiger partial charge in [-0.1, -0.05) is 24.3 Å². The molecule has 0 spiro atoms. The maximum Gasteiger partial charge on any atom is 0.310 e. The summed E-state index contributed by atoms with van der Waals surface area (Å²) in [6, 6.07) is 13.8. The number of hydrogen-bond donors (Lipinski definition) is 1. The van der Waals surface area contributed by atoms with Crippen molar-refractivity contribution < 1.29 is 14.3 Å². The standard InChI is InChI=1S/C21H22N2O3/c1-13-9-10-19(25-3)18(11-13)23-21-15-7-5-6-8-17(15)22-14(2)16(21)12-20(24)26-4/h5-11H,12H2,1-4H3,(H,22,23). The largest absolute Gasteiger partial charge is 0.495 e. The number of nitrogens with zero attached hydrogens (tertiary/aromatic N) is 1. The van der Waals surface area contributed by atoms with Crippen molar-refractivity contribution in [1.29, 1.82) is 0 Å². The van der Waals surface area contributed by atoms with Crippen LogP contribution in [0.2, 0.25) is 0 Å². The van der Waals surface area contributed by atoms with Gasteiger partial charge in [-0.2, -0.15) is 0 Å². The van der Waals surface area contributed by atoms with E-state index in [0.717, 1.165) is 44.8 Å². The Hall–Kier alpha value is -3.08. The number of rotatable bonds is 5.